The zero-order valence-corrected chi connectivity index (χ0v) is 32.1. The van der Waals surface area contributed by atoms with Gasteiger partial charge in [-0.2, -0.15) is 0 Å². The molecular formula is C39H53N5O9S. The van der Waals surface area contributed by atoms with E-state index < -0.39 is 62.8 Å². The molecule has 4 amide bonds. The van der Waals surface area contributed by atoms with Crippen molar-refractivity contribution < 1.29 is 41.8 Å². The molecule has 5 aliphatic rings. The summed E-state index contributed by atoms with van der Waals surface area (Å²) in [6.45, 7) is 2.26. The maximum absolute atomic E-state index is 14.5. The summed E-state index contributed by atoms with van der Waals surface area (Å²) >= 11 is 0. The van der Waals surface area contributed by atoms with Crippen LogP contribution in [0.4, 0.5) is 4.79 Å². The van der Waals surface area contributed by atoms with Crippen molar-refractivity contribution >= 4 is 44.6 Å². The van der Waals surface area contributed by atoms with E-state index in [0.29, 0.717) is 44.4 Å². The van der Waals surface area contributed by atoms with E-state index >= 15 is 0 Å². The minimum absolute atomic E-state index is 0.0287. The SMILES string of the molecule is COc1cc2ccnc3c2cc1CCCC[C@H](C)COC(=O)N[C@H]1CCCCCCC[C@@H]2C[C@@]2(C(=O)NS(=O)(=O)C2CC2)NC(=O)[C@@H]2C[C@H](CN2C1=O)O3. The number of hydrogen-bond acceptors (Lipinski definition) is 10. The first-order valence-electron chi connectivity index (χ1n) is 19.7. The van der Waals surface area contributed by atoms with Crippen LogP contribution in [0.1, 0.15) is 102 Å². The Morgan fingerprint density at radius 3 is 2.56 bits per heavy atom. The lowest BCUT2D eigenvalue weighted by Crippen LogP contribution is -2.58. The van der Waals surface area contributed by atoms with Crippen molar-refractivity contribution in [3.8, 4) is 11.6 Å². The first kappa shape index (κ1) is 38.1. The van der Waals surface area contributed by atoms with Gasteiger partial charge >= 0.3 is 6.09 Å². The third-order valence-electron chi connectivity index (χ3n) is 11.8. The standard InChI is InChI=1S/C39H53N5O9S/c1-24-10-8-9-11-26-18-30-25(19-33(26)51-2)16-17-40-35(30)53-28-20-32-34(45)42-39(37(47)43-54(49,50)29-14-15-29)21-27(39)12-6-4-3-5-7-13-31(36(46)44(32)22-28)41-38(48)52-23-24/h16-19,24,27-29,31-32H,3-15,20-23H2,1-2H3,(H,41,48)(H,42,45)(H,43,47)/t24-,27+,28+,31-,32-,39+/m0/s1. The molecule has 4 fully saturated rings. The molecule has 3 N–H and O–H groups in total. The van der Waals surface area contributed by atoms with Crippen LogP contribution in [0.15, 0.2) is 24.4 Å². The lowest BCUT2D eigenvalue weighted by atomic mass is 9.99. The van der Waals surface area contributed by atoms with Gasteiger partial charge in [-0.3, -0.25) is 19.1 Å². The molecule has 2 saturated heterocycles. The molecule has 0 radical (unpaired) electrons. The number of pyridine rings is 1. The highest BCUT2D eigenvalue weighted by molar-refractivity contribution is 7.91. The summed E-state index contributed by atoms with van der Waals surface area (Å²) in [5.74, 6) is -0.739. The van der Waals surface area contributed by atoms with Crippen molar-refractivity contribution in [3.05, 3.63) is 30.0 Å². The highest BCUT2D eigenvalue weighted by Gasteiger charge is 2.62. The lowest BCUT2D eigenvalue weighted by Gasteiger charge is -2.30. The maximum atomic E-state index is 14.5. The highest BCUT2D eigenvalue weighted by Crippen LogP contribution is 2.48. The molecule has 1 aromatic carbocycles. The van der Waals surface area contributed by atoms with E-state index in [0.717, 1.165) is 73.5 Å². The molecule has 14 nitrogen and oxygen atoms in total. The molecule has 2 aliphatic carbocycles. The summed E-state index contributed by atoms with van der Waals surface area (Å²) < 4.78 is 45.9. The number of nitrogens with one attached hydrogen (secondary N) is 3. The Labute approximate surface area is 316 Å². The van der Waals surface area contributed by atoms with Gasteiger partial charge in [-0.15, -0.1) is 0 Å². The number of aryl methyl sites for hydroxylation is 1. The van der Waals surface area contributed by atoms with Gasteiger partial charge < -0.3 is 29.7 Å². The molecule has 3 aliphatic heterocycles. The van der Waals surface area contributed by atoms with Crippen molar-refractivity contribution in [3.63, 3.8) is 0 Å². The van der Waals surface area contributed by atoms with Crippen LogP contribution in [0.5, 0.6) is 11.6 Å². The number of benzene rings is 1. The number of amides is 4. The Morgan fingerprint density at radius 1 is 1.02 bits per heavy atom. The zero-order valence-electron chi connectivity index (χ0n) is 31.3. The van der Waals surface area contributed by atoms with E-state index in [2.05, 4.69) is 20.3 Å². The summed E-state index contributed by atoms with van der Waals surface area (Å²) in [5, 5.41) is 6.82. The summed E-state index contributed by atoms with van der Waals surface area (Å²) in [7, 11) is -2.21. The number of methoxy groups -OCH3 is 1. The van der Waals surface area contributed by atoms with Crippen LogP contribution in [-0.4, -0.2) is 91.4 Å². The Bertz CT molecular complexity index is 1870. The lowest BCUT2D eigenvalue weighted by molar-refractivity contribution is -0.141. The molecular weight excluding hydrogens is 715 g/mol. The number of cyclic esters (lactones) is 1. The summed E-state index contributed by atoms with van der Waals surface area (Å²) in [6.07, 6.45) is 10.3. The van der Waals surface area contributed by atoms with Gasteiger partial charge in [-0.25, -0.2) is 18.2 Å². The number of sulfonamides is 1. The number of nitrogens with zero attached hydrogens (tertiary/aromatic N) is 2. The Kier molecular flexibility index (Phi) is 11.2. The van der Waals surface area contributed by atoms with Gasteiger partial charge in [-0.1, -0.05) is 45.4 Å². The minimum Gasteiger partial charge on any atom is -0.496 e. The van der Waals surface area contributed by atoms with Gasteiger partial charge in [0.05, 0.1) is 25.5 Å². The van der Waals surface area contributed by atoms with Crippen molar-refractivity contribution in [2.45, 2.75) is 132 Å². The van der Waals surface area contributed by atoms with Crippen LogP contribution in [0.2, 0.25) is 0 Å². The summed E-state index contributed by atoms with van der Waals surface area (Å²) in [4.78, 5) is 61.9. The van der Waals surface area contributed by atoms with Crippen molar-refractivity contribution in [2.24, 2.45) is 11.8 Å². The van der Waals surface area contributed by atoms with Crippen LogP contribution in [0, 0.1) is 11.8 Å². The zero-order chi connectivity index (χ0) is 38.0. The molecule has 0 unspecified atom stereocenters. The molecule has 54 heavy (non-hydrogen) atoms. The molecule has 0 spiro atoms. The minimum atomic E-state index is -3.86. The van der Waals surface area contributed by atoms with E-state index in [1.165, 1.54) is 4.90 Å². The van der Waals surface area contributed by atoms with E-state index in [1.807, 2.05) is 25.1 Å². The topological polar surface area (TPSA) is 182 Å². The van der Waals surface area contributed by atoms with Gasteiger partial charge in [-0.05, 0) is 92.4 Å². The van der Waals surface area contributed by atoms with Crippen LogP contribution >= 0.6 is 0 Å². The Hall–Kier alpha value is -4.14. The van der Waals surface area contributed by atoms with E-state index in [-0.39, 0.29) is 31.4 Å². The molecule has 5 bridgehead atoms. The van der Waals surface area contributed by atoms with Crippen molar-refractivity contribution in [2.75, 3.05) is 20.3 Å². The predicted molar refractivity (Wildman–Crippen MR) is 199 cm³/mol. The second-order valence-corrected chi connectivity index (χ2v) is 18.0. The van der Waals surface area contributed by atoms with Crippen molar-refractivity contribution in [1.29, 1.82) is 0 Å². The van der Waals surface area contributed by atoms with E-state index in [9.17, 15) is 27.6 Å². The molecule has 6 atom stereocenters. The van der Waals surface area contributed by atoms with Gasteiger partial charge in [0.1, 0.15) is 29.5 Å². The molecule has 2 aromatic rings. The first-order valence-corrected chi connectivity index (χ1v) is 21.3. The fourth-order valence-electron chi connectivity index (χ4n) is 8.40. The van der Waals surface area contributed by atoms with Crippen LogP contribution in [0.3, 0.4) is 0 Å². The van der Waals surface area contributed by atoms with Crippen LogP contribution in [0.25, 0.3) is 10.8 Å². The van der Waals surface area contributed by atoms with Gasteiger partial charge in [0, 0.05) is 18.0 Å². The van der Waals surface area contributed by atoms with Crippen LogP contribution in [-0.2, 0) is 35.6 Å². The molecule has 7 rings (SSSR count). The first-order chi connectivity index (χ1) is 26.0. The maximum Gasteiger partial charge on any atom is 0.407 e. The monoisotopic (exact) mass is 767 g/mol. The smallest absolute Gasteiger partial charge is 0.407 e. The van der Waals surface area contributed by atoms with Gasteiger partial charge in [0.15, 0.2) is 0 Å². The summed E-state index contributed by atoms with van der Waals surface area (Å²) in [5.41, 5.74) is -0.394. The largest absolute Gasteiger partial charge is 0.496 e. The molecule has 294 valence electrons. The third kappa shape index (κ3) is 8.40. The quantitative estimate of drug-likeness (QED) is 0.406. The number of ether oxygens (including phenoxy) is 3. The second kappa shape index (κ2) is 15.9. The fourth-order valence-corrected chi connectivity index (χ4v) is 9.77. The number of rotatable bonds is 4. The molecule has 4 heterocycles. The second-order valence-electron chi connectivity index (χ2n) is 16.0. The van der Waals surface area contributed by atoms with E-state index in [1.54, 1.807) is 13.3 Å². The number of hydrogen-bond donors (Lipinski definition) is 3. The normalized spacial score (nSPS) is 30.2. The highest BCUT2D eigenvalue weighted by atomic mass is 32.2. The molecule has 15 heteroatoms. The average Bonchev–Trinajstić information content (AvgIpc) is 4.07. The number of fused-ring (bicyclic) bond motifs is 4. The number of alkyl carbamates (subject to hydrolysis) is 1. The van der Waals surface area contributed by atoms with Crippen LogP contribution < -0.4 is 24.8 Å². The van der Waals surface area contributed by atoms with Gasteiger partial charge in [0.2, 0.25) is 27.7 Å². The number of carbonyl (C=O) groups excluding carboxylic acids is 4. The Balaban J connectivity index is 1.22. The van der Waals surface area contributed by atoms with Gasteiger partial charge in [0.25, 0.3) is 5.91 Å². The van der Waals surface area contributed by atoms with E-state index in [4.69, 9.17) is 14.2 Å². The molecule has 2 saturated carbocycles. The average molecular weight is 768 g/mol. The number of aromatic nitrogens is 1. The number of carbonyl (C=O) groups is 4. The predicted octanol–water partition coefficient (Wildman–Crippen LogP) is 4.28. The Morgan fingerprint density at radius 2 is 1.78 bits per heavy atom. The summed E-state index contributed by atoms with van der Waals surface area (Å²) in [6, 6.07) is 3.88. The fraction of sp³-hybridized carbons (Fsp3) is 0.667. The third-order valence-corrected chi connectivity index (χ3v) is 13.7. The van der Waals surface area contributed by atoms with Crippen molar-refractivity contribution in [1.82, 2.24) is 25.2 Å². The molecule has 1 aromatic heterocycles.